The number of carbonyl (C=O) groups is 2. The number of nitrogens with zero attached hydrogens (tertiary/aromatic N) is 2. The maximum Gasteiger partial charge on any atom is 0.251 e. The minimum Gasteiger partial charge on any atom is -0.368 e. The fourth-order valence-corrected chi connectivity index (χ4v) is 2.77. The van der Waals surface area contributed by atoms with E-state index in [0.29, 0.717) is 11.4 Å². The largest absolute Gasteiger partial charge is 0.368 e. The first-order valence-electron chi connectivity index (χ1n) is 6.61. The average molecular weight is 307 g/mol. The van der Waals surface area contributed by atoms with Crippen LogP contribution >= 0.6 is 11.6 Å². The van der Waals surface area contributed by atoms with Gasteiger partial charge in [0.15, 0.2) is 0 Å². The molecule has 1 saturated heterocycles. The molecule has 0 bridgehead atoms. The predicted octanol–water partition coefficient (Wildman–Crippen LogP) is 0.759. The predicted molar refractivity (Wildman–Crippen MR) is 77.6 cm³/mol. The number of hydrazine groups is 1. The second-order valence-corrected chi connectivity index (χ2v) is 5.56. The molecule has 0 radical (unpaired) electrons. The highest BCUT2D eigenvalue weighted by atomic mass is 35.5. The summed E-state index contributed by atoms with van der Waals surface area (Å²) in [5.74, 6) is -0.651. The first kappa shape index (κ1) is 13.9. The maximum atomic E-state index is 12.3. The number of fused-ring (bicyclic) bond motifs is 1. The van der Waals surface area contributed by atoms with Gasteiger partial charge in [-0.15, -0.1) is 0 Å². The van der Waals surface area contributed by atoms with Crippen molar-refractivity contribution in [3.05, 3.63) is 47.3 Å². The van der Waals surface area contributed by atoms with Crippen molar-refractivity contribution in [3.8, 4) is 0 Å². The Hall–Kier alpha value is -2.05. The normalized spacial score (nSPS) is 24.3. The Balaban J connectivity index is 1.75. The summed E-state index contributed by atoms with van der Waals surface area (Å²) in [7, 11) is 0. The number of hydrogen-bond acceptors (Lipinski definition) is 4. The molecule has 0 saturated carbocycles. The van der Waals surface area contributed by atoms with Crippen LogP contribution in [0.15, 0.2) is 36.7 Å². The van der Waals surface area contributed by atoms with E-state index in [1.807, 2.05) is 24.3 Å². The number of halogens is 1. The molecule has 2 aliphatic rings. The molecule has 2 aliphatic heterocycles. The minimum absolute atomic E-state index is 0.0365. The Labute approximate surface area is 127 Å². The zero-order valence-electron chi connectivity index (χ0n) is 11.2. The lowest BCUT2D eigenvalue weighted by Gasteiger charge is -2.31. The van der Waals surface area contributed by atoms with Gasteiger partial charge >= 0.3 is 0 Å². The molecule has 21 heavy (non-hydrogen) atoms. The van der Waals surface area contributed by atoms with Gasteiger partial charge in [-0.05, 0) is 24.1 Å². The molecular weight excluding hydrogens is 292 g/mol. The highest BCUT2D eigenvalue weighted by Crippen LogP contribution is 2.31. The zero-order chi connectivity index (χ0) is 15.0. The Morgan fingerprint density at radius 3 is 2.71 bits per heavy atom. The van der Waals surface area contributed by atoms with E-state index < -0.39 is 5.91 Å². The van der Waals surface area contributed by atoms with Crippen molar-refractivity contribution in [2.45, 2.75) is 18.5 Å². The number of hydrogen-bond donors (Lipinski definition) is 2. The first-order valence-corrected chi connectivity index (χ1v) is 6.99. The van der Waals surface area contributed by atoms with Gasteiger partial charge in [-0.2, -0.15) is 0 Å². The third-order valence-electron chi connectivity index (χ3n) is 3.67. The van der Waals surface area contributed by atoms with Crippen molar-refractivity contribution in [1.29, 1.82) is 0 Å². The van der Waals surface area contributed by atoms with Crippen LogP contribution in [0.5, 0.6) is 0 Å². The molecule has 1 aromatic carbocycles. The molecule has 3 rings (SSSR count). The van der Waals surface area contributed by atoms with E-state index in [4.69, 9.17) is 17.3 Å². The SMILES string of the molecule is NC(=O)CN1C=CN2NC(c3ccc(Cl)cc3)CC2C1=O. The van der Waals surface area contributed by atoms with Crippen molar-refractivity contribution in [1.82, 2.24) is 15.3 Å². The number of benzene rings is 1. The van der Waals surface area contributed by atoms with E-state index in [1.54, 1.807) is 17.4 Å². The van der Waals surface area contributed by atoms with Crippen molar-refractivity contribution in [3.63, 3.8) is 0 Å². The molecule has 2 amide bonds. The Bertz CT molecular complexity index is 601. The third-order valence-corrected chi connectivity index (χ3v) is 3.93. The van der Waals surface area contributed by atoms with Gasteiger partial charge in [0, 0.05) is 17.4 Å². The number of rotatable bonds is 3. The van der Waals surface area contributed by atoms with Crippen LogP contribution in [0.2, 0.25) is 5.02 Å². The summed E-state index contributed by atoms with van der Waals surface area (Å²) in [6, 6.07) is 7.24. The molecule has 110 valence electrons. The molecule has 6 nitrogen and oxygen atoms in total. The molecule has 2 atom stereocenters. The van der Waals surface area contributed by atoms with Crippen LogP contribution in [0.4, 0.5) is 0 Å². The van der Waals surface area contributed by atoms with Crippen LogP contribution in [0.3, 0.4) is 0 Å². The van der Waals surface area contributed by atoms with Gasteiger partial charge in [-0.1, -0.05) is 23.7 Å². The molecule has 2 unspecified atom stereocenters. The number of amides is 2. The van der Waals surface area contributed by atoms with Gasteiger partial charge in [0.05, 0.1) is 6.04 Å². The topological polar surface area (TPSA) is 78.7 Å². The van der Waals surface area contributed by atoms with Gasteiger partial charge in [-0.25, -0.2) is 5.43 Å². The highest BCUT2D eigenvalue weighted by Gasteiger charge is 2.40. The monoisotopic (exact) mass is 306 g/mol. The quantitative estimate of drug-likeness (QED) is 0.864. The van der Waals surface area contributed by atoms with Crippen LogP contribution in [0, 0.1) is 0 Å². The Kier molecular flexibility index (Phi) is 3.57. The van der Waals surface area contributed by atoms with Crippen LogP contribution in [-0.2, 0) is 9.59 Å². The van der Waals surface area contributed by atoms with E-state index >= 15 is 0 Å². The minimum atomic E-state index is -0.526. The van der Waals surface area contributed by atoms with E-state index in [-0.39, 0.29) is 24.5 Å². The molecule has 0 aromatic heterocycles. The summed E-state index contributed by atoms with van der Waals surface area (Å²) < 4.78 is 0. The molecule has 0 spiro atoms. The lowest BCUT2D eigenvalue weighted by Crippen LogP contribution is -2.49. The zero-order valence-corrected chi connectivity index (χ0v) is 12.0. The third kappa shape index (κ3) is 2.72. The smallest absolute Gasteiger partial charge is 0.251 e. The van der Waals surface area contributed by atoms with E-state index in [0.717, 1.165) is 5.56 Å². The summed E-state index contributed by atoms with van der Waals surface area (Å²) in [5.41, 5.74) is 9.49. The van der Waals surface area contributed by atoms with Crippen LogP contribution in [0.1, 0.15) is 18.0 Å². The standard InChI is InChI=1S/C14H15ClN4O2/c15-10-3-1-9(2-4-10)11-7-12-14(21)18(8-13(16)20)5-6-19(12)17-11/h1-6,11-12,17H,7-8H2,(H2,16,20). The molecule has 3 N–H and O–H groups in total. The number of primary amides is 1. The van der Waals surface area contributed by atoms with Gasteiger partial charge in [0.1, 0.15) is 12.6 Å². The average Bonchev–Trinajstić information content (AvgIpc) is 2.87. The lowest BCUT2D eigenvalue weighted by molar-refractivity contribution is -0.137. The van der Waals surface area contributed by atoms with Gasteiger partial charge < -0.3 is 15.6 Å². The van der Waals surface area contributed by atoms with Crippen molar-refractivity contribution in [2.24, 2.45) is 5.73 Å². The molecule has 1 fully saturated rings. The van der Waals surface area contributed by atoms with Crippen LogP contribution in [0.25, 0.3) is 0 Å². The van der Waals surface area contributed by atoms with E-state index in [1.165, 1.54) is 4.90 Å². The molecular formula is C14H15ClN4O2. The van der Waals surface area contributed by atoms with Gasteiger partial charge in [-0.3, -0.25) is 9.59 Å². The fraction of sp³-hybridized carbons (Fsp3) is 0.286. The van der Waals surface area contributed by atoms with Crippen LogP contribution < -0.4 is 11.2 Å². The first-order chi connectivity index (χ1) is 10.0. The summed E-state index contributed by atoms with van der Waals surface area (Å²) in [4.78, 5) is 24.7. The molecule has 0 aliphatic carbocycles. The Morgan fingerprint density at radius 2 is 2.05 bits per heavy atom. The van der Waals surface area contributed by atoms with Crippen molar-refractivity contribution < 1.29 is 9.59 Å². The number of nitrogens with one attached hydrogen (secondary N) is 1. The fourth-order valence-electron chi connectivity index (χ4n) is 2.65. The summed E-state index contributed by atoms with van der Waals surface area (Å²) >= 11 is 5.88. The number of carbonyl (C=O) groups excluding carboxylic acids is 2. The highest BCUT2D eigenvalue weighted by molar-refractivity contribution is 6.30. The molecule has 7 heteroatoms. The van der Waals surface area contributed by atoms with Gasteiger partial charge in [0.2, 0.25) is 5.91 Å². The lowest BCUT2D eigenvalue weighted by atomic mass is 10.0. The molecule has 2 heterocycles. The van der Waals surface area contributed by atoms with E-state index in [9.17, 15) is 9.59 Å². The van der Waals surface area contributed by atoms with E-state index in [2.05, 4.69) is 5.43 Å². The molecule has 1 aromatic rings. The van der Waals surface area contributed by atoms with Gasteiger partial charge in [0.25, 0.3) is 5.91 Å². The summed E-state index contributed by atoms with van der Waals surface area (Å²) in [5, 5.41) is 2.46. The van der Waals surface area contributed by atoms with Crippen LogP contribution in [-0.4, -0.2) is 34.3 Å². The number of nitrogens with two attached hydrogens (primary N) is 1. The maximum absolute atomic E-state index is 12.3. The second kappa shape index (κ2) is 5.38. The summed E-state index contributed by atoms with van der Waals surface area (Å²) in [6.07, 6.45) is 3.95. The Morgan fingerprint density at radius 1 is 1.33 bits per heavy atom. The van der Waals surface area contributed by atoms with Crippen molar-refractivity contribution >= 4 is 23.4 Å². The second-order valence-electron chi connectivity index (χ2n) is 5.12. The summed E-state index contributed by atoms with van der Waals surface area (Å²) in [6.45, 7) is -0.0920. The van der Waals surface area contributed by atoms with Crippen molar-refractivity contribution in [2.75, 3.05) is 6.54 Å².